The second-order valence-corrected chi connectivity index (χ2v) is 3.16. The largest absolute Gasteiger partial charge is 0.376 e. The molecule has 2 rings (SSSR count). The van der Waals surface area contributed by atoms with E-state index in [4.69, 9.17) is 19.9 Å². The lowest BCUT2D eigenvalue weighted by Crippen LogP contribution is -2.59. The summed E-state index contributed by atoms with van der Waals surface area (Å²) in [6.45, 7) is 2.90. The van der Waals surface area contributed by atoms with Gasteiger partial charge in [-0.2, -0.15) is 0 Å². The molecule has 2 bridgehead atoms. The second-order valence-electron chi connectivity index (χ2n) is 3.16. The van der Waals surface area contributed by atoms with Gasteiger partial charge in [0.1, 0.15) is 11.7 Å². The summed E-state index contributed by atoms with van der Waals surface area (Å²) >= 11 is 0. The third-order valence-electron chi connectivity index (χ3n) is 2.13. The minimum Gasteiger partial charge on any atom is -0.376 e. The average molecular weight is 196 g/mol. The van der Waals surface area contributed by atoms with Crippen LogP contribution in [0.25, 0.3) is 0 Å². The fraction of sp³-hybridized carbons (Fsp3) is 1.00. The molecule has 2 saturated heterocycles. The minimum atomic E-state index is -0.346. The molecule has 2 N–H and O–H groups in total. The van der Waals surface area contributed by atoms with Gasteiger partial charge in [-0.3, -0.25) is 0 Å². The highest BCUT2D eigenvalue weighted by molar-refractivity contribution is 5.85. The Morgan fingerprint density at radius 3 is 2.25 bits per heavy atom. The topological polar surface area (TPSA) is 53.7 Å². The average Bonchev–Trinajstić information content (AvgIpc) is 2.05. The molecule has 0 aromatic rings. The van der Waals surface area contributed by atoms with Gasteiger partial charge in [-0.1, -0.05) is 0 Å². The van der Waals surface area contributed by atoms with Crippen molar-refractivity contribution in [1.29, 1.82) is 0 Å². The van der Waals surface area contributed by atoms with Gasteiger partial charge in [0.25, 0.3) is 0 Å². The quantitative estimate of drug-likeness (QED) is 0.616. The summed E-state index contributed by atoms with van der Waals surface area (Å²) in [6, 6.07) is 0. The summed E-state index contributed by atoms with van der Waals surface area (Å²) in [5.74, 6) is 0. The molecule has 0 radical (unpaired) electrons. The lowest BCUT2D eigenvalue weighted by Gasteiger charge is -2.43. The van der Waals surface area contributed by atoms with Gasteiger partial charge in [-0.05, 0) is 0 Å². The van der Waals surface area contributed by atoms with Crippen molar-refractivity contribution >= 4 is 12.4 Å². The molecule has 4 nitrogen and oxygen atoms in total. The maximum absolute atomic E-state index is 5.68. The second kappa shape index (κ2) is 3.89. The number of rotatable bonds is 1. The smallest absolute Gasteiger partial charge is 0.127 e. The zero-order valence-electron chi connectivity index (χ0n) is 6.82. The molecule has 12 heavy (non-hydrogen) atoms. The van der Waals surface area contributed by atoms with Gasteiger partial charge in [0.2, 0.25) is 0 Å². The van der Waals surface area contributed by atoms with Crippen LogP contribution in [0.3, 0.4) is 0 Å². The first kappa shape index (κ1) is 10.2. The Labute approximate surface area is 77.8 Å². The van der Waals surface area contributed by atoms with E-state index in [0.29, 0.717) is 33.0 Å². The molecule has 2 aliphatic rings. The van der Waals surface area contributed by atoms with Gasteiger partial charge < -0.3 is 19.9 Å². The highest BCUT2D eigenvalue weighted by Gasteiger charge is 2.40. The van der Waals surface area contributed by atoms with E-state index >= 15 is 0 Å². The summed E-state index contributed by atoms with van der Waals surface area (Å²) in [5, 5.41) is 0. The number of ether oxygens (including phenoxy) is 3. The van der Waals surface area contributed by atoms with Crippen LogP contribution in [0.2, 0.25) is 0 Å². The Morgan fingerprint density at radius 1 is 1.25 bits per heavy atom. The first-order valence-electron chi connectivity index (χ1n) is 3.88. The molecule has 0 aromatic carbocycles. The molecule has 72 valence electrons. The molecule has 0 aliphatic carbocycles. The number of hydrogen-bond donors (Lipinski definition) is 1. The predicted octanol–water partition coefficient (Wildman–Crippen LogP) is -0.449. The molecule has 2 aliphatic heterocycles. The van der Waals surface area contributed by atoms with Crippen LogP contribution in [0.1, 0.15) is 0 Å². The highest BCUT2D eigenvalue weighted by atomic mass is 35.5. The first-order valence-corrected chi connectivity index (χ1v) is 3.88. The molecule has 0 spiro atoms. The maximum Gasteiger partial charge on any atom is 0.127 e. The number of fused-ring (bicyclic) bond motifs is 2. The Hall–Kier alpha value is 0.130. The number of hydrogen-bond acceptors (Lipinski definition) is 4. The molecule has 2 heterocycles. The van der Waals surface area contributed by atoms with E-state index in [0.717, 1.165) is 0 Å². The normalized spacial score (nSPS) is 40.2. The summed E-state index contributed by atoms with van der Waals surface area (Å²) in [7, 11) is 0. The number of nitrogens with two attached hydrogens (primary N) is 1. The third kappa shape index (κ3) is 1.72. The molecular weight excluding hydrogens is 182 g/mol. The Morgan fingerprint density at radius 2 is 1.83 bits per heavy atom. The fourth-order valence-corrected chi connectivity index (χ4v) is 1.50. The zero-order valence-corrected chi connectivity index (χ0v) is 7.64. The molecule has 0 saturated carbocycles. The molecular formula is C7H14ClNO3. The van der Waals surface area contributed by atoms with E-state index in [1.54, 1.807) is 0 Å². The number of halogens is 1. The molecule has 0 aromatic heterocycles. The monoisotopic (exact) mass is 195 g/mol. The molecule has 0 amide bonds. The van der Waals surface area contributed by atoms with Gasteiger partial charge >= 0.3 is 0 Å². The van der Waals surface area contributed by atoms with Crippen molar-refractivity contribution in [3.63, 3.8) is 0 Å². The minimum absolute atomic E-state index is 0. The van der Waals surface area contributed by atoms with E-state index in [-0.39, 0.29) is 24.1 Å². The Bertz CT molecular complexity index is 146. The molecule has 5 heteroatoms. The van der Waals surface area contributed by atoms with Crippen LogP contribution in [0.5, 0.6) is 0 Å². The van der Waals surface area contributed by atoms with Crippen molar-refractivity contribution in [1.82, 2.24) is 0 Å². The summed E-state index contributed by atoms with van der Waals surface area (Å²) in [4.78, 5) is 0. The van der Waals surface area contributed by atoms with Crippen LogP contribution in [-0.4, -0.2) is 44.7 Å². The van der Waals surface area contributed by atoms with Crippen LogP contribution in [-0.2, 0) is 14.2 Å². The lowest BCUT2D eigenvalue weighted by molar-refractivity contribution is -0.263. The lowest BCUT2D eigenvalue weighted by atomic mass is 10.0. The van der Waals surface area contributed by atoms with E-state index in [9.17, 15) is 0 Å². The zero-order chi connectivity index (χ0) is 7.73. The van der Waals surface area contributed by atoms with Gasteiger partial charge in [0, 0.05) is 6.54 Å². The molecule has 2 fully saturated rings. The van der Waals surface area contributed by atoms with E-state index in [1.807, 2.05) is 0 Å². The highest BCUT2D eigenvalue weighted by Crippen LogP contribution is 2.23. The van der Waals surface area contributed by atoms with Crippen LogP contribution in [0.15, 0.2) is 0 Å². The Balaban J connectivity index is 0.000000720. The third-order valence-corrected chi connectivity index (χ3v) is 2.13. The molecule has 0 unspecified atom stereocenters. The van der Waals surface area contributed by atoms with Gasteiger partial charge in [0.15, 0.2) is 0 Å². The standard InChI is InChI=1S/C7H13NO3.ClH/c8-3-7-4-9-1-6(11-7)2-10-5-7;/h6H,1-5,8H2;1H. The van der Waals surface area contributed by atoms with Crippen molar-refractivity contribution in [2.45, 2.75) is 11.7 Å². The summed E-state index contributed by atoms with van der Waals surface area (Å²) in [6.07, 6.45) is 0.0982. The van der Waals surface area contributed by atoms with E-state index < -0.39 is 0 Å². The van der Waals surface area contributed by atoms with Crippen LogP contribution < -0.4 is 5.73 Å². The van der Waals surface area contributed by atoms with Crippen molar-refractivity contribution in [2.24, 2.45) is 5.73 Å². The van der Waals surface area contributed by atoms with Crippen molar-refractivity contribution in [3.8, 4) is 0 Å². The van der Waals surface area contributed by atoms with Gasteiger partial charge in [-0.25, -0.2) is 0 Å². The summed E-state index contributed by atoms with van der Waals surface area (Å²) < 4.78 is 16.4. The Kier molecular flexibility index (Phi) is 3.31. The van der Waals surface area contributed by atoms with Crippen LogP contribution in [0, 0.1) is 0 Å². The van der Waals surface area contributed by atoms with Crippen molar-refractivity contribution < 1.29 is 14.2 Å². The van der Waals surface area contributed by atoms with Gasteiger partial charge in [-0.15, -0.1) is 12.4 Å². The molecule has 0 atom stereocenters. The van der Waals surface area contributed by atoms with Crippen molar-refractivity contribution in [2.75, 3.05) is 33.0 Å². The van der Waals surface area contributed by atoms with Gasteiger partial charge in [0.05, 0.1) is 26.4 Å². The maximum atomic E-state index is 5.68. The first-order chi connectivity index (χ1) is 5.35. The SMILES string of the molecule is Cl.NCC12COCC(COC1)O2. The fourth-order valence-electron chi connectivity index (χ4n) is 1.50. The van der Waals surface area contributed by atoms with E-state index in [1.165, 1.54) is 0 Å². The summed E-state index contributed by atoms with van der Waals surface area (Å²) in [5.41, 5.74) is 5.21. The van der Waals surface area contributed by atoms with Crippen LogP contribution in [0.4, 0.5) is 0 Å². The van der Waals surface area contributed by atoms with Crippen molar-refractivity contribution in [3.05, 3.63) is 0 Å². The van der Waals surface area contributed by atoms with Crippen LogP contribution >= 0.6 is 12.4 Å². The predicted molar refractivity (Wildman–Crippen MR) is 45.5 cm³/mol. The van der Waals surface area contributed by atoms with E-state index in [2.05, 4.69) is 0 Å².